The van der Waals surface area contributed by atoms with Gasteiger partial charge in [0.15, 0.2) is 0 Å². The van der Waals surface area contributed by atoms with Gasteiger partial charge in [0.1, 0.15) is 5.82 Å². The zero-order chi connectivity index (χ0) is 12.3. The molecule has 0 unspecified atom stereocenters. The summed E-state index contributed by atoms with van der Waals surface area (Å²) in [5.41, 5.74) is 1.81. The van der Waals surface area contributed by atoms with E-state index in [-0.39, 0.29) is 0 Å². The van der Waals surface area contributed by atoms with Crippen LogP contribution < -0.4 is 5.32 Å². The van der Waals surface area contributed by atoms with Gasteiger partial charge in [-0.15, -0.1) is 11.3 Å². The highest BCUT2D eigenvalue weighted by Gasteiger charge is 2.02. The Morgan fingerprint density at radius 3 is 2.94 bits per heavy atom. The van der Waals surface area contributed by atoms with Gasteiger partial charge in [-0.05, 0) is 25.1 Å². The van der Waals surface area contributed by atoms with Crippen molar-refractivity contribution in [1.82, 2.24) is 4.98 Å². The number of benzene rings is 1. The highest BCUT2D eigenvalue weighted by Crippen LogP contribution is 2.15. The van der Waals surface area contributed by atoms with Crippen LogP contribution in [0.15, 0.2) is 23.6 Å². The van der Waals surface area contributed by atoms with E-state index in [1.165, 1.54) is 12.1 Å². The summed E-state index contributed by atoms with van der Waals surface area (Å²) in [5, 5.41) is 14.7. The SMILES string of the molecule is Cc1nc(CNc2cc(F)cc(C#N)c2)cs1. The molecular formula is C12H10FN3S. The minimum Gasteiger partial charge on any atom is -0.379 e. The number of aromatic nitrogens is 1. The van der Waals surface area contributed by atoms with Crippen molar-refractivity contribution in [3.63, 3.8) is 0 Å². The highest BCUT2D eigenvalue weighted by molar-refractivity contribution is 7.09. The Balaban J connectivity index is 2.09. The summed E-state index contributed by atoms with van der Waals surface area (Å²) in [6.45, 7) is 2.46. The van der Waals surface area contributed by atoms with Gasteiger partial charge >= 0.3 is 0 Å². The normalized spacial score (nSPS) is 9.94. The largest absolute Gasteiger partial charge is 0.379 e. The minimum atomic E-state index is -0.416. The average molecular weight is 247 g/mol. The summed E-state index contributed by atoms with van der Waals surface area (Å²) in [6, 6.07) is 6.10. The molecule has 0 saturated heterocycles. The highest BCUT2D eigenvalue weighted by atomic mass is 32.1. The van der Waals surface area contributed by atoms with Crippen LogP contribution in [-0.4, -0.2) is 4.98 Å². The lowest BCUT2D eigenvalue weighted by Crippen LogP contribution is -2.00. The first-order valence-corrected chi connectivity index (χ1v) is 5.91. The molecule has 0 aliphatic heterocycles. The second-order valence-corrected chi connectivity index (χ2v) is 4.61. The van der Waals surface area contributed by atoms with Gasteiger partial charge in [-0.25, -0.2) is 9.37 Å². The number of hydrogen-bond donors (Lipinski definition) is 1. The summed E-state index contributed by atoms with van der Waals surface area (Å²) in [7, 11) is 0. The first kappa shape index (κ1) is 11.6. The number of halogens is 1. The van der Waals surface area contributed by atoms with E-state index >= 15 is 0 Å². The molecule has 0 aliphatic rings. The average Bonchev–Trinajstić information content (AvgIpc) is 2.72. The number of hydrogen-bond acceptors (Lipinski definition) is 4. The van der Waals surface area contributed by atoms with E-state index < -0.39 is 5.82 Å². The van der Waals surface area contributed by atoms with Gasteiger partial charge in [0.2, 0.25) is 0 Å². The lowest BCUT2D eigenvalue weighted by Gasteiger charge is -2.04. The summed E-state index contributed by atoms with van der Waals surface area (Å²) in [4.78, 5) is 4.29. The molecular weight excluding hydrogens is 237 g/mol. The second kappa shape index (κ2) is 4.93. The third kappa shape index (κ3) is 3.02. The lowest BCUT2D eigenvalue weighted by atomic mass is 10.2. The van der Waals surface area contributed by atoms with Crippen molar-refractivity contribution >= 4 is 17.0 Å². The van der Waals surface area contributed by atoms with Crippen LogP contribution in [0, 0.1) is 24.1 Å². The van der Waals surface area contributed by atoms with Gasteiger partial charge in [-0.1, -0.05) is 0 Å². The zero-order valence-electron chi connectivity index (χ0n) is 9.20. The second-order valence-electron chi connectivity index (χ2n) is 3.55. The summed E-state index contributed by atoms with van der Waals surface area (Å²) in [6.07, 6.45) is 0. The zero-order valence-corrected chi connectivity index (χ0v) is 10.0. The predicted molar refractivity (Wildman–Crippen MR) is 65.3 cm³/mol. The minimum absolute atomic E-state index is 0.307. The Hall–Kier alpha value is -1.93. The van der Waals surface area contributed by atoms with Crippen molar-refractivity contribution in [3.8, 4) is 6.07 Å². The number of anilines is 1. The maximum Gasteiger partial charge on any atom is 0.126 e. The maximum absolute atomic E-state index is 13.1. The van der Waals surface area contributed by atoms with Gasteiger partial charge in [0, 0.05) is 11.1 Å². The molecule has 0 radical (unpaired) electrons. The molecule has 17 heavy (non-hydrogen) atoms. The Morgan fingerprint density at radius 1 is 1.47 bits per heavy atom. The molecule has 0 bridgehead atoms. The van der Waals surface area contributed by atoms with Crippen LogP contribution in [0.4, 0.5) is 10.1 Å². The van der Waals surface area contributed by atoms with Crippen molar-refractivity contribution in [2.24, 2.45) is 0 Å². The van der Waals surface area contributed by atoms with Crippen LogP contribution in [0.2, 0.25) is 0 Å². The Morgan fingerprint density at radius 2 is 2.29 bits per heavy atom. The van der Waals surface area contributed by atoms with E-state index in [1.54, 1.807) is 17.4 Å². The predicted octanol–water partition coefficient (Wildman–Crippen LogP) is 3.07. The van der Waals surface area contributed by atoms with Crippen molar-refractivity contribution < 1.29 is 4.39 Å². The molecule has 5 heteroatoms. The van der Waals surface area contributed by atoms with Crippen molar-refractivity contribution in [3.05, 3.63) is 45.7 Å². The molecule has 0 atom stereocenters. The van der Waals surface area contributed by atoms with E-state index in [1.807, 2.05) is 18.4 Å². The van der Waals surface area contributed by atoms with E-state index in [0.717, 1.165) is 10.7 Å². The van der Waals surface area contributed by atoms with Crippen molar-refractivity contribution in [2.45, 2.75) is 13.5 Å². The molecule has 1 heterocycles. The first-order chi connectivity index (χ1) is 8.17. The Bertz CT molecular complexity index is 571. The summed E-state index contributed by atoms with van der Waals surface area (Å²) in [5.74, 6) is -0.416. The maximum atomic E-state index is 13.1. The fourth-order valence-corrected chi connectivity index (χ4v) is 2.05. The Labute approximate surface area is 103 Å². The van der Waals surface area contributed by atoms with Crippen molar-refractivity contribution in [1.29, 1.82) is 5.26 Å². The molecule has 1 aromatic carbocycles. The van der Waals surface area contributed by atoms with Crippen LogP contribution in [0.3, 0.4) is 0 Å². The van der Waals surface area contributed by atoms with Gasteiger partial charge < -0.3 is 5.32 Å². The van der Waals surface area contributed by atoms with Crippen LogP contribution in [0.25, 0.3) is 0 Å². The van der Waals surface area contributed by atoms with Gasteiger partial charge in [-0.2, -0.15) is 5.26 Å². The number of aryl methyl sites for hydroxylation is 1. The van der Waals surface area contributed by atoms with E-state index in [4.69, 9.17) is 5.26 Å². The van der Waals surface area contributed by atoms with Crippen LogP contribution >= 0.6 is 11.3 Å². The number of rotatable bonds is 3. The van der Waals surface area contributed by atoms with E-state index in [9.17, 15) is 4.39 Å². The first-order valence-electron chi connectivity index (χ1n) is 5.03. The van der Waals surface area contributed by atoms with Gasteiger partial charge in [0.25, 0.3) is 0 Å². The van der Waals surface area contributed by atoms with Gasteiger partial charge in [0.05, 0.1) is 28.9 Å². The molecule has 1 N–H and O–H groups in total. The lowest BCUT2D eigenvalue weighted by molar-refractivity contribution is 0.627. The van der Waals surface area contributed by atoms with E-state index in [0.29, 0.717) is 17.8 Å². The number of nitriles is 1. The Kier molecular flexibility index (Phi) is 3.35. The van der Waals surface area contributed by atoms with Gasteiger partial charge in [-0.3, -0.25) is 0 Å². The molecule has 1 aromatic heterocycles. The molecule has 86 valence electrons. The molecule has 0 amide bonds. The summed E-state index contributed by atoms with van der Waals surface area (Å²) < 4.78 is 13.1. The molecule has 2 aromatic rings. The number of nitrogens with one attached hydrogen (secondary N) is 1. The van der Waals surface area contributed by atoms with Crippen molar-refractivity contribution in [2.75, 3.05) is 5.32 Å². The molecule has 3 nitrogen and oxygen atoms in total. The standard InChI is InChI=1S/C12H10FN3S/c1-8-16-12(7-17-8)6-15-11-3-9(5-14)2-10(13)4-11/h2-4,7,15H,6H2,1H3. The summed E-state index contributed by atoms with van der Waals surface area (Å²) >= 11 is 1.57. The molecule has 0 aliphatic carbocycles. The monoisotopic (exact) mass is 247 g/mol. The molecule has 0 fully saturated rings. The molecule has 0 spiro atoms. The number of nitrogens with zero attached hydrogens (tertiary/aromatic N) is 2. The fourth-order valence-electron chi connectivity index (χ4n) is 1.44. The van der Waals surface area contributed by atoms with Crippen LogP contribution in [-0.2, 0) is 6.54 Å². The third-order valence-electron chi connectivity index (χ3n) is 2.17. The molecule has 0 saturated carbocycles. The quantitative estimate of drug-likeness (QED) is 0.906. The third-order valence-corrected chi connectivity index (χ3v) is 2.99. The smallest absolute Gasteiger partial charge is 0.126 e. The molecule has 2 rings (SSSR count). The fraction of sp³-hybridized carbons (Fsp3) is 0.167. The number of thiazole rings is 1. The van der Waals surface area contributed by atoms with Crippen LogP contribution in [0.1, 0.15) is 16.3 Å². The topological polar surface area (TPSA) is 48.7 Å². The van der Waals surface area contributed by atoms with Crippen LogP contribution in [0.5, 0.6) is 0 Å². The van der Waals surface area contributed by atoms with E-state index in [2.05, 4.69) is 10.3 Å².